The van der Waals surface area contributed by atoms with Crippen molar-refractivity contribution in [3.05, 3.63) is 81.5 Å². The number of hydrogen-bond acceptors (Lipinski definition) is 5. The van der Waals surface area contributed by atoms with Crippen LogP contribution in [0.25, 0.3) is 0 Å². The van der Waals surface area contributed by atoms with E-state index in [0.29, 0.717) is 23.1 Å². The summed E-state index contributed by atoms with van der Waals surface area (Å²) in [5, 5.41) is 18.3. The minimum atomic E-state index is -0.482. The molecule has 2 aromatic carbocycles. The van der Waals surface area contributed by atoms with Crippen molar-refractivity contribution in [2.24, 2.45) is 0 Å². The Kier molecular flexibility index (Phi) is 6.23. The molecule has 1 aromatic heterocycles. The van der Waals surface area contributed by atoms with Gasteiger partial charge in [0.2, 0.25) is 5.91 Å². The molecule has 0 aliphatic carbocycles. The third kappa shape index (κ3) is 5.31. The molecule has 1 N–H and O–H groups in total. The maximum Gasteiger partial charge on any atom is 0.269 e. The number of ether oxygens (including phenoxy) is 1. The van der Waals surface area contributed by atoms with E-state index in [1.807, 2.05) is 12.1 Å². The average Bonchev–Trinajstić information content (AvgIpc) is 3.10. The summed E-state index contributed by atoms with van der Waals surface area (Å²) in [6, 6.07) is 14.8. The summed E-state index contributed by atoms with van der Waals surface area (Å²) < 4.78 is 7.13. The highest BCUT2D eigenvalue weighted by molar-refractivity contribution is 6.30. The smallest absolute Gasteiger partial charge is 0.269 e. The number of nitro groups is 1. The molecule has 0 saturated carbocycles. The monoisotopic (exact) mass is 400 g/mol. The predicted octanol–water partition coefficient (Wildman–Crippen LogP) is 3.90. The molecule has 28 heavy (non-hydrogen) atoms. The van der Waals surface area contributed by atoms with Gasteiger partial charge in [0.05, 0.1) is 30.7 Å². The van der Waals surface area contributed by atoms with E-state index in [1.165, 1.54) is 24.3 Å². The average molecular weight is 401 g/mol. The summed E-state index contributed by atoms with van der Waals surface area (Å²) >= 11 is 5.89. The lowest BCUT2D eigenvalue weighted by Crippen LogP contribution is -2.18. The molecule has 0 unspecified atom stereocenters. The summed E-state index contributed by atoms with van der Waals surface area (Å²) in [6.45, 7) is 0.647. The lowest BCUT2D eigenvalue weighted by Gasteiger charge is -2.10. The second-order valence-electron chi connectivity index (χ2n) is 5.90. The second-order valence-corrected chi connectivity index (χ2v) is 6.33. The van der Waals surface area contributed by atoms with E-state index in [2.05, 4.69) is 10.4 Å². The van der Waals surface area contributed by atoms with Gasteiger partial charge in [0.1, 0.15) is 11.6 Å². The van der Waals surface area contributed by atoms with Crippen molar-refractivity contribution in [1.29, 1.82) is 0 Å². The normalized spacial score (nSPS) is 10.5. The zero-order chi connectivity index (χ0) is 19.9. The maximum atomic E-state index is 12.2. The molecule has 3 aromatic rings. The highest BCUT2D eigenvalue weighted by Gasteiger charge is 2.09. The largest absolute Gasteiger partial charge is 0.493 e. The van der Waals surface area contributed by atoms with Crippen LogP contribution >= 0.6 is 11.6 Å². The lowest BCUT2D eigenvalue weighted by molar-refractivity contribution is -0.384. The van der Waals surface area contributed by atoms with E-state index >= 15 is 0 Å². The first-order valence-electron chi connectivity index (χ1n) is 8.44. The van der Waals surface area contributed by atoms with Crippen molar-refractivity contribution >= 4 is 29.0 Å². The highest BCUT2D eigenvalue weighted by atomic mass is 35.5. The standard InChI is InChI=1S/C19H17ClN4O4/c20-15-3-1-14(2-4-15)13-23-18(9-11-21-23)22-19(25)10-12-28-17-7-5-16(6-8-17)24(26)27/h1-9,11H,10,12-13H2,(H,22,25). The van der Waals surface area contributed by atoms with Gasteiger partial charge in [0.15, 0.2) is 0 Å². The topological polar surface area (TPSA) is 99.3 Å². The maximum absolute atomic E-state index is 12.2. The summed E-state index contributed by atoms with van der Waals surface area (Å²) in [4.78, 5) is 22.3. The Hall–Kier alpha value is -3.39. The molecule has 144 valence electrons. The number of anilines is 1. The van der Waals surface area contributed by atoms with Gasteiger partial charge >= 0.3 is 0 Å². The van der Waals surface area contributed by atoms with E-state index in [9.17, 15) is 14.9 Å². The minimum Gasteiger partial charge on any atom is -0.493 e. The van der Waals surface area contributed by atoms with Gasteiger partial charge in [-0.1, -0.05) is 23.7 Å². The number of carbonyl (C=O) groups is 1. The molecule has 0 bridgehead atoms. The Morgan fingerprint density at radius 1 is 1.14 bits per heavy atom. The molecule has 9 heteroatoms. The Labute approximate surface area is 165 Å². The molecule has 3 rings (SSSR count). The van der Waals surface area contributed by atoms with Crippen molar-refractivity contribution in [2.75, 3.05) is 11.9 Å². The van der Waals surface area contributed by atoms with Gasteiger partial charge < -0.3 is 10.1 Å². The molecule has 8 nitrogen and oxygen atoms in total. The molecule has 0 aliphatic heterocycles. The van der Waals surface area contributed by atoms with Crippen LogP contribution < -0.4 is 10.1 Å². The Balaban J connectivity index is 1.49. The third-order valence-electron chi connectivity index (χ3n) is 3.88. The number of amides is 1. The Morgan fingerprint density at radius 3 is 2.54 bits per heavy atom. The fraction of sp³-hybridized carbons (Fsp3) is 0.158. The van der Waals surface area contributed by atoms with Gasteiger partial charge in [0.25, 0.3) is 5.69 Å². The first kappa shape index (κ1) is 19.4. The third-order valence-corrected chi connectivity index (χ3v) is 4.13. The molecule has 0 saturated heterocycles. The van der Waals surface area contributed by atoms with Crippen molar-refractivity contribution in [2.45, 2.75) is 13.0 Å². The number of carbonyl (C=O) groups excluding carboxylic acids is 1. The van der Waals surface area contributed by atoms with E-state index in [4.69, 9.17) is 16.3 Å². The number of benzene rings is 2. The SMILES string of the molecule is O=C(CCOc1ccc([N+](=O)[O-])cc1)Nc1ccnn1Cc1ccc(Cl)cc1. The minimum absolute atomic E-state index is 0.0148. The first-order valence-corrected chi connectivity index (χ1v) is 8.82. The number of nitro benzene ring substituents is 1. The second kappa shape index (κ2) is 9.01. The summed E-state index contributed by atoms with van der Waals surface area (Å²) in [5.74, 6) is 0.821. The van der Waals surface area contributed by atoms with E-state index in [0.717, 1.165) is 5.56 Å². The number of hydrogen-bond donors (Lipinski definition) is 1. The molecule has 1 heterocycles. The van der Waals surface area contributed by atoms with Crippen LogP contribution in [0.1, 0.15) is 12.0 Å². The van der Waals surface area contributed by atoms with Crippen molar-refractivity contribution < 1.29 is 14.5 Å². The van der Waals surface area contributed by atoms with Gasteiger partial charge in [-0.05, 0) is 29.8 Å². The molecular weight excluding hydrogens is 384 g/mol. The van der Waals surface area contributed by atoms with Crippen LogP contribution in [0.15, 0.2) is 60.8 Å². The summed E-state index contributed by atoms with van der Waals surface area (Å²) in [6.07, 6.45) is 1.74. The molecular formula is C19H17ClN4O4. The Morgan fingerprint density at radius 2 is 1.86 bits per heavy atom. The number of rotatable bonds is 8. The van der Waals surface area contributed by atoms with Crippen LogP contribution in [0.5, 0.6) is 5.75 Å². The van der Waals surface area contributed by atoms with E-state index in [-0.39, 0.29) is 24.6 Å². The zero-order valence-electron chi connectivity index (χ0n) is 14.7. The number of non-ortho nitro benzene ring substituents is 1. The quantitative estimate of drug-likeness (QED) is 0.456. The summed E-state index contributed by atoms with van der Waals surface area (Å²) in [7, 11) is 0. The summed E-state index contributed by atoms with van der Waals surface area (Å²) in [5.41, 5.74) is 0.990. The van der Waals surface area contributed by atoms with Gasteiger partial charge in [-0.15, -0.1) is 0 Å². The van der Waals surface area contributed by atoms with Gasteiger partial charge in [-0.3, -0.25) is 14.9 Å². The number of nitrogens with one attached hydrogen (secondary N) is 1. The zero-order valence-corrected chi connectivity index (χ0v) is 15.5. The van der Waals surface area contributed by atoms with E-state index in [1.54, 1.807) is 29.1 Å². The number of nitrogens with zero attached hydrogens (tertiary/aromatic N) is 3. The predicted molar refractivity (Wildman–Crippen MR) is 105 cm³/mol. The number of aromatic nitrogens is 2. The Bertz CT molecular complexity index is 955. The molecule has 1 amide bonds. The fourth-order valence-corrected chi connectivity index (χ4v) is 2.58. The van der Waals surface area contributed by atoms with Crippen molar-refractivity contribution in [3.8, 4) is 5.75 Å². The molecule has 0 fully saturated rings. The lowest BCUT2D eigenvalue weighted by atomic mass is 10.2. The van der Waals surface area contributed by atoms with Crippen molar-refractivity contribution in [3.63, 3.8) is 0 Å². The molecule has 0 radical (unpaired) electrons. The number of halogens is 1. The molecule has 0 aliphatic rings. The van der Waals surface area contributed by atoms with Crippen LogP contribution in [0, 0.1) is 10.1 Å². The van der Waals surface area contributed by atoms with Crippen LogP contribution in [0.3, 0.4) is 0 Å². The van der Waals surface area contributed by atoms with E-state index < -0.39 is 4.92 Å². The van der Waals surface area contributed by atoms with Gasteiger partial charge in [-0.25, -0.2) is 4.68 Å². The van der Waals surface area contributed by atoms with Gasteiger partial charge in [0, 0.05) is 23.2 Å². The highest BCUT2D eigenvalue weighted by Crippen LogP contribution is 2.18. The van der Waals surface area contributed by atoms with Crippen LogP contribution in [-0.4, -0.2) is 27.2 Å². The van der Waals surface area contributed by atoms with Crippen LogP contribution in [0.4, 0.5) is 11.5 Å². The molecule has 0 spiro atoms. The van der Waals surface area contributed by atoms with Crippen LogP contribution in [-0.2, 0) is 11.3 Å². The van der Waals surface area contributed by atoms with Gasteiger partial charge in [-0.2, -0.15) is 5.10 Å². The molecule has 0 atom stereocenters. The fourth-order valence-electron chi connectivity index (χ4n) is 2.46. The van der Waals surface area contributed by atoms with Crippen LogP contribution in [0.2, 0.25) is 5.02 Å². The van der Waals surface area contributed by atoms with Crippen molar-refractivity contribution in [1.82, 2.24) is 9.78 Å². The first-order chi connectivity index (χ1) is 13.5.